The Morgan fingerprint density at radius 3 is 2.33 bits per heavy atom. The van der Waals surface area contributed by atoms with E-state index in [2.05, 4.69) is 61.7 Å². The molecule has 0 spiro atoms. The van der Waals surface area contributed by atoms with E-state index in [1.165, 1.54) is 38.2 Å². The number of halogens is 1. The molecule has 224 valence electrons. The van der Waals surface area contributed by atoms with Gasteiger partial charge in [0.1, 0.15) is 12.0 Å². The Morgan fingerprint density at radius 1 is 0.929 bits per heavy atom. The molecule has 2 fully saturated rings. The number of hydrogen-bond acceptors (Lipinski definition) is 4. The minimum Gasteiger partial charge on any atom is -0.382 e. The predicted octanol–water partition coefficient (Wildman–Crippen LogP) is 8.26. The number of carbonyl (C=O) groups excluding carboxylic acids is 1. The van der Waals surface area contributed by atoms with Crippen LogP contribution in [0.3, 0.4) is 0 Å². The van der Waals surface area contributed by atoms with Crippen molar-refractivity contribution < 1.29 is 14.3 Å². The highest BCUT2D eigenvalue weighted by Gasteiger charge is 2.41. The Hall–Kier alpha value is -3.22. The van der Waals surface area contributed by atoms with Crippen molar-refractivity contribution >= 4 is 17.3 Å². The van der Waals surface area contributed by atoms with E-state index in [9.17, 15) is 9.90 Å². The molecule has 3 aromatic carbocycles. The largest absolute Gasteiger partial charge is 0.382 e. The maximum Gasteiger partial charge on any atom is 0.229 e. The number of carbonyl (C=O) groups is 1. The molecule has 0 bridgehead atoms. The molecule has 0 aromatic heterocycles. The minimum absolute atomic E-state index is 0.0416. The summed E-state index contributed by atoms with van der Waals surface area (Å²) in [5.41, 5.74) is 4.85. The third-order valence-electron chi connectivity index (χ3n) is 9.07. The van der Waals surface area contributed by atoms with Gasteiger partial charge in [-0.25, -0.2) is 4.39 Å². The topological polar surface area (TPSA) is 64.6 Å². The zero-order valence-corrected chi connectivity index (χ0v) is 25.5. The van der Waals surface area contributed by atoms with Crippen molar-refractivity contribution in [3.63, 3.8) is 0 Å². The second-order valence-electron chi connectivity index (χ2n) is 13.2. The predicted molar refractivity (Wildman–Crippen MR) is 169 cm³/mol. The number of nitrogens with one attached hydrogen (secondary N) is 2. The fourth-order valence-corrected chi connectivity index (χ4v) is 6.69. The number of benzene rings is 3. The van der Waals surface area contributed by atoms with Crippen molar-refractivity contribution in [1.82, 2.24) is 4.90 Å². The van der Waals surface area contributed by atoms with Gasteiger partial charge in [-0.15, -0.1) is 0 Å². The molecule has 1 saturated heterocycles. The highest BCUT2D eigenvalue weighted by molar-refractivity contribution is 5.93. The number of likely N-dealkylation sites (tertiary alicyclic amines) is 1. The third-order valence-corrected chi connectivity index (χ3v) is 9.07. The SMILES string of the molecule is Cc1cccc(F)c1C(O)N1CCC[C@H](C(=O)Nc2cccc(C(C)(C)C)c2)C1c1ccc(NC2CCCCC2)cc1. The second kappa shape index (κ2) is 13.0. The zero-order valence-electron chi connectivity index (χ0n) is 25.5. The van der Waals surface area contributed by atoms with Crippen molar-refractivity contribution in [3.8, 4) is 0 Å². The lowest BCUT2D eigenvalue weighted by Gasteiger charge is -2.43. The van der Waals surface area contributed by atoms with Gasteiger partial charge in [0.15, 0.2) is 0 Å². The van der Waals surface area contributed by atoms with Gasteiger partial charge in [-0.05, 0) is 85.0 Å². The molecule has 0 radical (unpaired) electrons. The van der Waals surface area contributed by atoms with E-state index >= 15 is 4.39 Å². The molecule has 1 aliphatic carbocycles. The normalized spacial score (nSPS) is 21.1. The van der Waals surface area contributed by atoms with Gasteiger partial charge in [0, 0.05) is 35.6 Å². The van der Waals surface area contributed by atoms with Crippen molar-refractivity contribution in [1.29, 1.82) is 0 Å². The van der Waals surface area contributed by atoms with Gasteiger partial charge in [0.05, 0.1) is 5.92 Å². The molecule has 42 heavy (non-hydrogen) atoms. The number of amides is 1. The van der Waals surface area contributed by atoms with E-state index < -0.39 is 24.0 Å². The van der Waals surface area contributed by atoms with Crippen molar-refractivity contribution in [2.45, 2.75) is 96.4 Å². The second-order valence-corrected chi connectivity index (χ2v) is 13.2. The molecule has 2 unspecified atom stereocenters. The van der Waals surface area contributed by atoms with E-state index in [-0.39, 0.29) is 16.9 Å². The molecule has 1 saturated carbocycles. The summed E-state index contributed by atoms with van der Waals surface area (Å²) < 4.78 is 15.1. The molecular weight excluding hydrogens is 525 g/mol. The summed E-state index contributed by atoms with van der Waals surface area (Å²) in [5.74, 6) is -0.938. The smallest absolute Gasteiger partial charge is 0.229 e. The molecule has 2 aliphatic rings. The van der Waals surface area contributed by atoms with Gasteiger partial charge in [0.25, 0.3) is 0 Å². The standard InChI is InChI=1S/C36H46FN3O2/c1-24-11-8-17-31(37)32(24)35(42)40-22-10-16-30(34(41)39-29-15-9-12-26(23-29)36(2,3)4)33(40)25-18-20-28(21-19-25)38-27-13-6-5-7-14-27/h8-9,11-12,15,17-21,23,27,30,33,35,38,42H,5-7,10,13-14,16,22H2,1-4H3,(H,39,41)/t30-,33?,35?/m0/s1. The number of aliphatic hydroxyl groups excluding tert-OH is 1. The average Bonchev–Trinajstić information content (AvgIpc) is 2.97. The van der Waals surface area contributed by atoms with E-state index in [4.69, 9.17) is 0 Å². The fraction of sp³-hybridized carbons (Fsp3) is 0.472. The number of rotatable bonds is 7. The summed E-state index contributed by atoms with van der Waals surface area (Å²) in [7, 11) is 0. The lowest BCUT2D eigenvalue weighted by Crippen LogP contribution is -2.45. The van der Waals surface area contributed by atoms with Crippen molar-refractivity contribution in [3.05, 3.63) is 94.8 Å². The number of nitrogens with zero attached hydrogens (tertiary/aromatic N) is 1. The summed E-state index contributed by atoms with van der Waals surface area (Å²) in [5, 5.41) is 18.5. The lowest BCUT2D eigenvalue weighted by molar-refractivity contribution is -0.128. The molecular formula is C36H46FN3O2. The van der Waals surface area contributed by atoms with E-state index in [1.54, 1.807) is 6.07 Å². The van der Waals surface area contributed by atoms with Crippen LogP contribution in [0.25, 0.3) is 0 Å². The third kappa shape index (κ3) is 6.87. The van der Waals surface area contributed by atoms with Gasteiger partial charge in [-0.2, -0.15) is 0 Å². The molecule has 1 aliphatic heterocycles. The molecule has 1 amide bonds. The average molecular weight is 572 g/mol. The van der Waals surface area contributed by atoms with Gasteiger partial charge in [-0.1, -0.05) is 76.4 Å². The summed E-state index contributed by atoms with van der Waals surface area (Å²) in [6.45, 7) is 8.84. The van der Waals surface area contributed by atoms with Crippen LogP contribution in [-0.4, -0.2) is 28.5 Å². The Morgan fingerprint density at radius 2 is 1.64 bits per heavy atom. The highest BCUT2D eigenvalue weighted by atomic mass is 19.1. The van der Waals surface area contributed by atoms with Gasteiger partial charge < -0.3 is 15.7 Å². The number of hydrogen-bond donors (Lipinski definition) is 3. The number of anilines is 2. The summed E-state index contributed by atoms with van der Waals surface area (Å²) in [6.07, 6.45) is 6.43. The summed E-state index contributed by atoms with van der Waals surface area (Å²) in [4.78, 5) is 15.9. The first-order valence-electron chi connectivity index (χ1n) is 15.6. The molecule has 5 nitrogen and oxygen atoms in total. The van der Waals surface area contributed by atoms with E-state index in [1.807, 2.05) is 36.1 Å². The van der Waals surface area contributed by atoms with Crippen LogP contribution in [0.4, 0.5) is 15.8 Å². The van der Waals surface area contributed by atoms with Crippen LogP contribution in [0, 0.1) is 18.7 Å². The van der Waals surface area contributed by atoms with E-state index in [0.29, 0.717) is 24.6 Å². The van der Waals surface area contributed by atoms with Gasteiger partial charge in [-0.3, -0.25) is 9.69 Å². The Bertz CT molecular complexity index is 1340. The maximum atomic E-state index is 15.1. The quantitative estimate of drug-likeness (QED) is 0.267. The minimum atomic E-state index is -1.17. The molecule has 3 atom stereocenters. The zero-order chi connectivity index (χ0) is 29.9. The van der Waals surface area contributed by atoms with Crippen LogP contribution < -0.4 is 10.6 Å². The molecule has 6 heteroatoms. The van der Waals surface area contributed by atoms with Crippen molar-refractivity contribution in [2.24, 2.45) is 5.92 Å². The Kier molecular flexibility index (Phi) is 9.34. The molecule has 5 rings (SSSR count). The monoisotopic (exact) mass is 571 g/mol. The number of aliphatic hydroxyl groups is 1. The lowest BCUT2D eigenvalue weighted by atomic mass is 9.82. The first-order valence-corrected chi connectivity index (χ1v) is 15.6. The van der Waals surface area contributed by atoms with Crippen LogP contribution in [0.1, 0.15) is 100 Å². The van der Waals surface area contributed by atoms with Gasteiger partial charge in [0.2, 0.25) is 5.91 Å². The number of aryl methyl sites for hydroxylation is 1. The fourth-order valence-electron chi connectivity index (χ4n) is 6.69. The van der Waals surface area contributed by atoms with Crippen LogP contribution in [0.15, 0.2) is 66.7 Å². The first-order chi connectivity index (χ1) is 20.1. The van der Waals surface area contributed by atoms with Crippen LogP contribution in [-0.2, 0) is 10.2 Å². The Labute approximate surface area is 250 Å². The van der Waals surface area contributed by atoms with Crippen LogP contribution in [0.5, 0.6) is 0 Å². The number of piperidine rings is 1. The van der Waals surface area contributed by atoms with Crippen LogP contribution >= 0.6 is 0 Å². The first kappa shape index (κ1) is 30.2. The molecule has 1 heterocycles. The van der Waals surface area contributed by atoms with Crippen LogP contribution in [0.2, 0.25) is 0 Å². The van der Waals surface area contributed by atoms with E-state index in [0.717, 1.165) is 28.9 Å². The maximum absolute atomic E-state index is 15.1. The molecule has 3 aromatic rings. The highest BCUT2D eigenvalue weighted by Crippen LogP contribution is 2.42. The molecule has 3 N–H and O–H groups in total. The Balaban J connectivity index is 1.46. The summed E-state index contributed by atoms with van der Waals surface area (Å²) in [6, 6.07) is 21.3. The summed E-state index contributed by atoms with van der Waals surface area (Å²) >= 11 is 0. The van der Waals surface area contributed by atoms with Gasteiger partial charge >= 0.3 is 0 Å². The van der Waals surface area contributed by atoms with Crippen molar-refractivity contribution in [2.75, 3.05) is 17.2 Å².